The molecule has 17 heteroatoms. The Morgan fingerprint density at radius 1 is 1.03 bits per heavy atom. The van der Waals surface area contributed by atoms with Gasteiger partial charge in [-0.25, -0.2) is 18.5 Å². The van der Waals surface area contributed by atoms with E-state index in [-0.39, 0.29) is 31.2 Å². The average Bonchev–Trinajstić information content (AvgIpc) is 3.76. The van der Waals surface area contributed by atoms with Crippen LogP contribution in [0, 0.1) is 23.1 Å². The van der Waals surface area contributed by atoms with Gasteiger partial charge in [0.1, 0.15) is 36.0 Å². The zero-order valence-corrected chi connectivity index (χ0v) is 35.4. The van der Waals surface area contributed by atoms with E-state index in [1.807, 2.05) is 6.07 Å². The normalized spacial score (nSPS) is 21.6. The molecule has 59 heavy (non-hydrogen) atoms. The number of nitriles is 1. The second-order valence-corrected chi connectivity index (χ2v) is 17.0. The molecule has 1 aliphatic rings. The minimum Gasteiger partial charge on any atom is -0.396 e. The molecule has 7 atom stereocenters. The maximum Gasteiger partial charge on any atom is 0.472 e. The molecule has 1 saturated heterocycles. The molecule has 2 aromatic heterocycles. The minimum atomic E-state index is -4.84. The Bertz CT molecular complexity index is 1830. The Morgan fingerprint density at radius 3 is 2.41 bits per heavy atom. The Balaban J connectivity index is 1.43. The lowest BCUT2D eigenvalue weighted by atomic mass is 9.89. The predicted molar refractivity (Wildman–Crippen MR) is 222 cm³/mol. The summed E-state index contributed by atoms with van der Waals surface area (Å²) in [4.78, 5) is 18.9. The van der Waals surface area contributed by atoms with Gasteiger partial charge in [0.15, 0.2) is 11.4 Å². The van der Waals surface area contributed by atoms with Crippen LogP contribution in [0.3, 0.4) is 0 Å². The Labute approximate surface area is 347 Å². The smallest absolute Gasteiger partial charge is 0.396 e. The number of nitrogens with two attached hydrogens (primary N) is 1. The van der Waals surface area contributed by atoms with Gasteiger partial charge in [-0.3, -0.25) is 14.0 Å². The van der Waals surface area contributed by atoms with E-state index in [0.717, 1.165) is 63.9 Å². The molecule has 1 aromatic carbocycles. The number of unbranched alkanes of at least 4 members (excludes halogenated alkanes) is 10. The summed E-state index contributed by atoms with van der Waals surface area (Å²) in [5.74, 6) is -0.00655. The van der Waals surface area contributed by atoms with Crippen LogP contribution in [-0.2, 0) is 29.7 Å². The Kier molecular flexibility index (Phi) is 20.3. The average molecular weight is 847 g/mol. The van der Waals surface area contributed by atoms with Gasteiger partial charge in [0, 0.05) is 19.9 Å². The number of benzene rings is 1. The molecule has 328 valence electrons. The maximum absolute atomic E-state index is 14.3. The predicted octanol–water partition coefficient (Wildman–Crippen LogP) is 7.14. The van der Waals surface area contributed by atoms with Gasteiger partial charge in [0.25, 0.3) is 0 Å². The van der Waals surface area contributed by atoms with Crippen molar-refractivity contribution in [3.8, 4) is 6.07 Å². The monoisotopic (exact) mass is 846 g/mol. The van der Waals surface area contributed by atoms with E-state index in [2.05, 4.69) is 22.0 Å². The molecular formula is C42H64FN6O9P. The number of aliphatic hydroxyl groups is 3. The molecule has 3 aromatic rings. The third kappa shape index (κ3) is 14.9. The number of aliphatic imine (C=N–C) groups is 1. The zero-order valence-electron chi connectivity index (χ0n) is 34.5. The van der Waals surface area contributed by atoms with Crippen molar-refractivity contribution in [1.29, 1.82) is 5.26 Å². The fraction of sp³-hybridized carbons (Fsp3) is 0.667. The first-order valence-electron chi connectivity index (χ1n) is 21.0. The number of phosphoric ester groups is 1. The first-order chi connectivity index (χ1) is 28.5. The molecular weight excluding hydrogens is 782 g/mol. The second kappa shape index (κ2) is 24.8. The van der Waals surface area contributed by atoms with Gasteiger partial charge in [-0.2, -0.15) is 10.4 Å². The number of aliphatic hydroxyl groups excluding tert-OH is 3. The van der Waals surface area contributed by atoms with E-state index in [0.29, 0.717) is 29.1 Å². The number of halogens is 1. The number of anilines is 1. The lowest BCUT2D eigenvalue weighted by Crippen LogP contribution is -2.48. The van der Waals surface area contributed by atoms with E-state index in [1.54, 1.807) is 12.1 Å². The van der Waals surface area contributed by atoms with E-state index in [9.17, 15) is 34.4 Å². The molecule has 2 unspecified atom stereocenters. The van der Waals surface area contributed by atoms with Gasteiger partial charge >= 0.3 is 7.82 Å². The van der Waals surface area contributed by atoms with Crippen molar-refractivity contribution < 1.29 is 47.7 Å². The van der Waals surface area contributed by atoms with Crippen LogP contribution < -0.4 is 5.73 Å². The van der Waals surface area contributed by atoms with Gasteiger partial charge in [-0.05, 0) is 61.1 Å². The topological polar surface area (TPSA) is 227 Å². The summed E-state index contributed by atoms with van der Waals surface area (Å²) in [6.07, 6.45) is 14.3. The van der Waals surface area contributed by atoms with Crippen molar-refractivity contribution in [2.45, 2.75) is 146 Å². The molecule has 6 N–H and O–H groups in total. The highest BCUT2D eigenvalue weighted by Gasteiger charge is 2.55. The number of nitrogens with zero attached hydrogens (tertiary/aromatic N) is 5. The van der Waals surface area contributed by atoms with Crippen LogP contribution in [0.1, 0.15) is 133 Å². The fourth-order valence-corrected chi connectivity index (χ4v) is 8.47. The largest absolute Gasteiger partial charge is 0.472 e. The highest BCUT2D eigenvalue weighted by molar-refractivity contribution is 7.47. The van der Waals surface area contributed by atoms with E-state index < -0.39 is 50.3 Å². The number of hydrogen-bond donors (Lipinski definition) is 5. The highest BCUT2D eigenvalue weighted by atomic mass is 31.2. The van der Waals surface area contributed by atoms with Crippen molar-refractivity contribution in [2.75, 3.05) is 32.6 Å². The third-order valence-corrected chi connectivity index (χ3v) is 11.9. The summed E-state index contributed by atoms with van der Waals surface area (Å²) in [6.45, 7) is 1.27. The van der Waals surface area contributed by atoms with Crippen molar-refractivity contribution in [2.24, 2.45) is 10.9 Å². The van der Waals surface area contributed by atoms with Crippen molar-refractivity contribution >= 4 is 25.4 Å². The van der Waals surface area contributed by atoms with Gasteiger partial charge in [0.2, 0.25) is 0 Å². The number of ether oxygens (including phenoxy) is 2. The molecule has 1 fully saturated rings. The molecule has 0 amide bonds. The SMILES string of the molecule is CCCCCCCCCCC(CCCCCCO)CC[C@H](COP(=O)(O)OC[C@@]1(/C=N\C)O[C@@H](c2ccc3c(N)ncnn23)[C@H](O)[C@@H]1O)OCc1cc(F)cc(C#N)c1. The highest BCUT2D eigenvalue weighted by Crippen LogP contribution is 2.47. The number of aromatic nitrogens is 3. The number of rotatable bonds is 29. The van der Waals surface area contributed by atoms with Crippen LogP contribution in [0.25, 0.3) is 5.52 Å². The van der Waals surface area contributed by atoms with Crippen molar-refractivity contribution in [3.05, 3.63) is 59.3 Å². The van der Waals surface area contributed by atoms with Crippen LogP contribution in [0.5, 0.6) is 0 Å². The van der Waals surface area contributed by atoms with Crippen LogP contribution in [-0.4, -0.2) is 91.8 Å². The van der Waals surface area contributed by atoms with Crippen LogP contribution in [0.15, 0.2) is 41.7 Å². The van der Waals surface area contributed by atoms with E-state index >= 15 is 0 Å². The quantitative estimate of drug-likeness (QED) is 0.0266. The Morgan fingerprint density at radius 2 is 1.73 bits per heavy atom. The molecule has 0 aliphatic carbocycles. The molecule has 4 rings (SSSR count). The van der Waals surface area contributed by atoms with E-state index in [1.165, 1.54) is 74.8 Å². The molecule has 1 aliphatic heterocycles. The lowest BCUT2D eigenvalue weighted by Gasteiger charge is -2.29. The maximum atomic E-state index is 14.3. The molecule has 0 radical (unpaired) electrons. The molecule has 0 bridgehead atoms. The van der Waals surface area contributed by atoms with Crippen molar-refractivity contribution in [3.63, 3.8) is 0 Å². The zero-order chi connectivity index (χ0) is 42.7. The minimum absolute atomic E-state index is 0.0682. The standard InChI is InChI=1S/C42H64FN6O9P/c1-3-4-5-6-7-8-9-12-15-31(16-13-10-11-14-21-50)17-18-35(55-26-33-22-32(25-44)23-34(43)24-33)27-56-59(53,54)57-29-42(28-46-2)40(52)38(51)39(58-42)36-19-20-37-41(45)47-30-48-49(36)37/h19-20,22-24,28,30-31,35,38-40,50-52H,3-18,21,26-27,29H2,1-2H3,(H,53,54)(H2,45,47,48)/b46-28-/t31?,35-,38+,39+,40+,42-/m1/s1. The van der Waals surface area contributed by atoms with Gasteiger partial charge in [-0.15, -0.1) is 0 Å². The number of nitrogen functional groups attached to an aromatic ring is 1. The first kappa shape index (κ1) is 48.3. The summed E-state index contributed by atoms with van der Waals surface area (Å²) in [6, 6.07) is 9.13. The van der Waals surface area contributed by atoms with Gasteiger partial charge in [-0.1, -0.05) is 90.4 Å². The van der Waals surface area contributed by atoms with Crippen LogP contribution in [0.2, 0.25) is 0 Å². The van der Waals surface area contributed by atoms with Gasteiger partial charge < -0.3 is 35.4 Å². The summed E-state index contributed by atoms with van der Waals surface area (Å²) in [5.41, 5.74) is 5.50. The third-order valence-electron chi connectivity index (χ3n) is 11.0. The number of phosphoric acid groups is 1. The van der Waals surface area contributed by atoms with Crippen molar-refractivity contribution in [1.82, 2.24) is 14.6 Å². The molecule has 3 heterocycles. The summed E-state index contributed by atoms with van der Waals surface area (Å²) in [7, 11) is -3.42. The number of fused-ring (bicyclic) bond motifs is 1. The van der Waals surface area contributed by atoms with E-state index in [4.69, 9.17) is 24.3 Å². The van der Waals surface area contributed by atoms with Crippen LogP contribution in [0.4, 0.5) is 10.2 Å². The lowest BCUT2D eigenvalue weighted by molar-refractivity contribution is -0.0656. The first-order valence-corrected chi connectivity index (χ1v) is 22.5. The summed E-state index contributed by atoms with van der Waals surface area (Å²) in [5, 5.41) is 45.1. The number of hydrogen-bond acceptors (Lipinski definition) is 13. The van der Waals surface area contributed by atoms with Crippen LogP contribution >= 0.6 is 7.82 Å². The van der Waals surface area contributed by atoms with Gasteiger partial charge in [0.05, 0.1) is 43.3 Å². The summed E-state index contributed by atoms with van der Waals surface area (Å²) < 4.78 is 52.4. The Hall–Kier alpha value is -3.36. The summed E-state index contributed by atoms with van der Waals surface area (Å²) >= 11 is 0. The fourth-order valence-electron chi connectivity index (χ4n) is 7.68. The second-order valence-electron chi connectivity index (χ2n) is 15.6. The molecule has 15 nitrogen and oxygen atoms in total. The molecule has 0 saturated carbocycles. The molecule has 0 spiro atoms.